The van der Waals surface area contributed by atoms with Gasteiger partial charge in [0.2, 0.25) is 0 Å². The maximum absolute atomic E-state index is 11.9. The molecular weight excluding hydrogens is 202 g/mol. The van der Waals surface area contributed by atoms with Gasteiger partial charge in [0.15, 0.2) is 0 Å². The molecule has 1 aromatic carbocycles. The second-order valence-electron chi connectivity index (χ2n) is 4.75. The van der Waals surface area contributed by atoms with Crippen LogP contribution in [0.4, 0.5) is 0 Å². The van der Waals surface area contributed by atoms with Crippen LogP contribution in [0.25, 0.3) is 10.8 Å². The molecule has 0 saturated carbocycles. The average molecular weight is 217 g/mol. The summed E-state index contributed by atoms with van der Waals surface area (Å²) in [4.78, 5) is 14.8. The second-order valence-corrected chi connectivity index (χ2v) is 4.75. The fraction of sp³-hybridized carbons (Fsp3) is 0.308. The number of nitrogens with one attached hydrogen (secondary N) is 1. The van der Waals surface area contributed by atoms with Crippen LogP contribution in [0, 0.1) is 0 Å². The zero-order valence-electron chi connectivity index (χ0n) is 9.70. The Kier molecular flexibility index (Phi) is 2.46. The zero-order valence-corrected chi connectivity index (χ0v) is 9.70. The summed E-state index contributed by atoms with van der Waals surface area (Å²) in [5.74, 6) is -0.311. The molecule has 0 fully saturated rings. The molecule has 0 aliphatic carbocycles. The summed E-state index contributed by atoms with van der Waals surface area (Å²) < 4.78 is 5.32. The van der Waals surface area contributed by atoms with Gasteiger partial charge in [0.05, 0.1) is 0 Å². The Morgan fingerprint density at radius 2 is 1.94 bits per heavy atom. The Labute approximate surface area is 94.4 Å². The molecule has 0 aliphatic rings. The molecule has 2 aromatic rings. The highest BCUT2D eigenvalue weighted by Gasteiger charge is 2.20. The third-order valence-electron chi connectivity index (χ3n) is 2.21. The number of carbonyl (C=O) groups excluding carboxylic acids is 1. The van der Waals surface area contributed by atoms with E-state index >= 15 is 0 Å². The molecule has 0 bridgehead atoms. The van der Waals surface area contributed by atoms with E-state index in [0.717, 1.165) is 10.8 Å². The van der Waals surface area contributed by atoms with Crippen molar-refractivity contribution in [1.29, 1.82) is 0 Å². The second kappa shape index (κ2) is 3.67. The molecular formula is C13H15NO2. The Balaban J connectivity index is 2.37. The van der Waals surface area contributed by atoms with Crippen LogP contribution in [0.3, 0.4) is 0 Å². The number of aromatic amines is 1. The van der Waals surface area contributed by atoms with Gasteiger partial charge in [-0.1, -0.05) is 24.3 Å². The van der Waals surface area contributed by atoms with Gasteiger partial charge in [-0.3, -0.25) is 0 Å². The lowest BCUT2D eigenvalue weighted by Gasteiger charge is -2.18. The number of esters is 1. The molecule has 3 nitrogen and oxygen atoms in total. The van der Waals surface area contributed by atoms with Crippen LogP contribution < -0.4 is 0 Å². The molecule has 0 saturated heterocycles. The Morgan fingerprint density at radius 1 is 1.25 bits per heavy atom. The fourth-order valence-electron chi connectivity index (χ4n) is 1.58. The lowest BCUT2D eigenvalue weighted by atomic mass is 10.1. The first kappa shape index (κ1) is 10.7. The molecule has 1 N–H and O–H groups in total. The number of fused-ring (bicyclic) bond motifs is 1. The quantitative estimate of drug-likeness (QED) is 0.746. The van der Waals surface area contributed by atoms with E-state index in [1.807, 2.05) is 51.2 Å². The van der Waals surface area contributed by atoms with Crippen molar-refractivity contribution in [3.8, 4) is 0 Å². The third kappa shape index (κ3) is 2.08. The molecule has 3 heteroatoms. The number of benzene rings is 1. The summed E-state index contributed by atoms with van der Waals surface area (Å²) in [6, 6.07) is 7.71. The van der Waals surface area contributed by atoms with E-state index in [1.54, 1.807) is 0 Å². The van der Waals surface area contributed by atoms with Crippen molar-refractivity contribution in [2.45, 2.75) is 26.4 Å². The minimum absolute atomic E-state index is 0.311. The Bertz CT molecular complexity index is 520. The fourth-order valence-corrected chi connectivity index (χ4v) is 1.58. The van der Waals surface area contributed by atoms with Gasteiger partial charge in [0, 0.05) is 17.0 Å². The highest BCUT2D eigenvalue weighted by Crippen LogP contribution is 2.20. The van der Waals surface area contributed by atoms with Gasteiger partial charge in [-0.05, 0) is 20.8 Å². The van der Waals surface area contributed by atoms with E-state index < -0.39 is 5.60 Å². The number of H-pyrrole nitrogens is 1. The molecule has 0 atom stereocenters. The summed E-state index contributed by atoms with van der Waals surface area (Å²) in [7, 11) is 0. The summed E-state index contributed by atoms with van der Waals surface area (Å²) in [5.41, 5.74) is 0.0501. The minimum Gasteiger partial charge on any atom is -0.455 e. The van der Waals surface area contributed by atoms with Crippen molar-refractivity contribution in [2.75, 3.05) is 0 Å². The monoisotopic (exact) mass is 217 g/mol. The van der Waals surface area contributed by atoms with Gasteiger partial charge in [0.25, 0.3) is 0 Å². The van der Waals surface area contributed by atoms with Crippen molar-refractivity contribution in [3.63, 3.8) is 0 Å². The van der Waals surface area contributed by atoms with E-state index in [9.17, 15) is 4.79 Å². The maximum atomic E-state index is 11.9. The first-order valence-electron chi connectivity index (χ1n) is 5.27. The average Bonchev–Trinajstić information content (AvgIpc) is 2.58. The maximum Gasteiger partial charge on any atom is 0.355 e. The summed E-state index contributed by atoms with van der Waals surface area (Å²) in [6.07, 6.45) is 1.81. The number of ether oxygens (including phenoxy) is 1. The van der Waals surface area contributed by atoms with Crippen molar-refractivity contribution in [2.24, 2.45) is 0 Å². The molecule has 0 amide bonds. The molecule has 0 radical (unpaired) electrons. The third-order valence-corrected chi connectivity index (χ3v) is 2.21. The summed E-state index contributed by atoms with van der Waals surface area (Å²) >= 11 is 0. The van der Waals surface area contributed by atoms with E-state index in [-0.39, 0.29) is 5.97 Å². The van der Waals surface area contributed by atoms with E-state index in [1.165, 1.54) is 0 Å². The van der Waals surface area contributed by atoms with Crippen LogP contribution in [-0.4, -0.2) is 16.6 Å². The number of rotatable bonds is 1. The number of aromatic nitrogens is 1. The lowest BCUT2D eigenvalue weighted by Crippen LogP contribution is -2.24. The molecule has 2 rings (SSSR count). The number of hydrogen-bond donors (Lipinski definition) is 1. The van der Waals surface area contributed by atoms with Crippen LogP contribution in [0.15, 0.2) is 30.5 Å². The molecule has 0 unspecified atom stereocenters. The number of hydrogen-bond acceptors (Lipinski definition) is 2. The normalized spacial score (nSPS) is 11.7. The van der Waals surface area contributed by atoms with Crippen LogP contribution in [0.2, 0.25) is 0 Å². The highest BCUT2D eigenvalue weighted by molar-refractivity contribution is 6.03. The van der Waals surface area contributed by atoms with Gasteiger partial charge in [-0.15, -0.1) is 0 Å². The molecule has 1 aromatic heterocycles. The largest absolute Gasteiger partial charge is 0.455 e. The molecule has 1 heterocycles. The minimum atomic E-state index is -0.469. The molecule has 0 aliphatic heterocycles. The van der Waals surface area contributed by atoms with E-state index in [0.29, 0.717) is 5.69 Å². The topological polar surface area (TPSA) is 42.1 Å². The van der Waals surface area contributed by atoms with Gasteiger partial charge < -0.3 is 9.72 Å². The Hall–Kier alpha value is -1.77. The smallest absolute Gasteiger partial charge is 0.355 e. The lowest BCUT2D eigenvalue weighted by molar-refractivity contribution is 0.00659. The van der Waals surface area contributed by atoms with Gasteiger partial charge in [0.1, 0.15) is 11.3 Å². The van der Waals surface area contributed by atoms with Gasteiger partial charge >= 0.3 is 5.97 Å². The first-order chi connectivity index (χ1) is 7.47. The van der Waals surface area contributed by atoms with Crippen molar-refractivity contribution >= 4 is 16.7 Å². The zero-order chi connectivity index (χ0) is 11.8. The van der Waals surface area contributed by atoms with Gasteiger partial charge in [-0.2, -0.15) is 0 Å². The van der Waals surface area contributed by atoms with Crippen LogP contribution >= 0.6 is 0 Å². The Morgan fingerprint density at radius 3 is 2.62 bits per heavy atom. The van der Waals surface area contributed by atoms with Crippen LogP contribution in [-0.2, 0) is 4.74 Å². The predicted molar refractivity (Wildman–Crippen MR) is 63.5 cm³/mol. The van der Waals surface area contributed by atoms with Crippen LogP contribution in [0.1, 0.15) is 31.3 Å². The van der Waals surface area contributed by atoms with Crippen molar-refractivity contribution in [1.82, 2.24) is 4.98 Å². The molecule has 0 spiro atoms. The first-order valence-corrected chi connectivity index (χ1v) is 5.27. The van der Waals surface area contributed by atoms with Gasteiger partial charge in [-0.25, -0.2) is 4.79 Å². The number of carbonyl (C=O) groups is 1. The summed E-state index contributed by atoms with van der Waals surface area (Å²) in [6.45, 7) is 5.57. The van der Waals surface area contributed by atoms with Crippen molar-refractivity contribution in [3.05, 3.63) is 36.2 Å². The van der Waals surface area contributed by atoms with E-state index in [2.05, 4.69) is 4.98 Å². The SMILES string of the molecule is CC(C)(C)OC(=O)c1[nH]cc2ccccc12. The highest BCUT2D eigenvalue weighted by atomic mass is 16.6. The standard InChI is InChI=1S/C13H15NO2/c1-13(2,3)16-12(15)11-10-7-5-4-6-9(10)8-14-11/h4-8,14H,1-3H3. The van der Waals surface area contributed by atoms with Crippen LogP contribution in [0.5, 0.6) is 0 Å². The van der Waals surface area contributed by atoms with E-state index in [4.69, 9.17) is 4.74 Å². The van der Waals surface area contributed by atoms with Crippen molar-refractivity contribution < 1.29 is 9.53 Å². The molecule has 16 heavy (non-hydrogen) atoms. The molecule has 84 valence electrons. The predicted octanol–water partition coefficient (Wildman–Crippen LogP) is 3.12. The summed E-state index contributed by atoms with van der Waals surface area (Å²) in [5, 5.41) is 1.92.